The normalized spacial score (nSPS) is 14.2. The highest BCUT2D eigenvalue weighted by Crippen LogP contribution is 2.44. The quantitative estimate of drug-likeness (QED) is 0.230. The van der Waals surface area contributed by atoms with Gasteiger partial charge in [-0.3, -0.25) is 4.79 Å². The minimum absolute atomic E-state index is 0.132. The summed E-state index contributed by atoms with van der Waals surface area (Å²) in [5, 5.41) is 2.01. The molecule has 0 amide bonds. The predicted molar refractivity (Wildman–Crippen MR) is 155 cm³/mol. The topological polar surface area (TPSA) is 74.4 Å². The molecule has 0 radical (unpaired) electrons. The van der Waals surface area contributed by atoms with Gasteiger partial charge in [0, 0.05) is 17.1 Å². The summed E-state index contributed by atoms with van der Waals surface area (Å²) in [4.78, 5) is 16.5. The molecule has 1 unspecified atom stereocenters. The fraction of sp³-hybridized carbons (Fsp3) is 0.176. The van der Waals surface area contributed by atoms with Crippen molar-refractivity contribution >= 4 is 22.6 Å². The van der Waals surface area contributed by atoms with E-state index in [-0.39, 0.29) is 18.5 Å². The number of rotatable bonds is 7. The molecule has 4 aromatic carbocycles. The third-order valence-corrected chi connectivity index (χ3v) is 7.40. The van der Waals surface area contributed by atoms with Crippen LogP contribution in [-0.4, -0.2) is 17.6 Å². The second-order valence-electron chi connectivity index (χ2n) is 9.79. The van der Waals surface area contributed by atoms with Gasteiger partial charge in [0.1, 0.15) is 17.7 Å². The number of nitrogen functional groups attached to an aromatic ring is 1. The molecule has 5 heteroatoms. The van der Waals surface area contributed by atoms with E-state index in [1.807, 2.05) is 55.5 Å². The standard InChI is InChI=1S/C34H30N2O3/c1-2-38-33(37)21-23-11-6-7-14-31(23)39-32-16-15-26-29(22-9-4-3-5-10-22)19-24(20-30(26)32)25-12-8-13-28-27(25)17-18-36-34(28)35/h3-14,17-20,32H,2,15-16,21H2,1H3,(H2,35,36). The lowest BCUT2D eigenvalue weighted by atomic mass is 9.90. The number of fused-ring (bicyclic) bond motifs is 2. The number of aromatic nitrogens is 1. The molecule has 0 fully saturated rings. The van der Waals surface area contributed by atoms with Crippen molar-refractivity contribution in [3.8, 4) is 28.0 Å². The van der Waals surface area contributed by atoms with Crippen molar-refractivity contribution in [3.05, 3.63) is 114 Å². The largest absolute Gasteiger partial charge is 0.485 e. The van der Waals surface area contributed by atoms with E-state index in [4.69, 9.17) is 15.2 Å². The summed E-state index contributed by atoms with van der Waals surface area (Å²) in [7, 11) is 0. The van der Waals surface area contributed by atoms with Crippen molar-refractivity contribution in [2.24, 2.45) is 0 Å². The minimum atomic E-state index is -0.251. The minimum Gasteiger partial charge on any atom is -0.485 e. The second kappa shape index (κ2) is 10.6. The van der Waals surface area contributed by atoms with E-state index in [1.165, 1.54) is 22.3 Å². The highest BCUT2D eigenvalue weighted by atomic mass is 16.5. The zero-order valence-electron chi connectivity index (χ0n) is 21.9. The van der Waals surface area contributed by atoms with E-state index in [0.29, 0.717) is 12.4 Å². The molecule has 194 valence electrons. The lowest BCUT2D eigenvalue weighted by Crippen LogP contribution is -2.10. The SMILES string of the molecule is CCOC(=O)Cc1ccccc1OC1CCc2c(-c3ccccc3)cc(-c3cccc4c(N)nccc34)cc21. The summed E-state index contributed by atoms with van der Waals surface area (Å²) in [6.45, 7) is 2.18. The fourth-order valence-corrected chi connectivity index (χ4v) is 5.61. The Morgan fingerprint density at radius 1 is 0.897 bits per heavy atom. The molecule has 2 N–H and O–H groups in total. The maximum absolute atomic E-state index is 12.2. The number of benzene rings is 4. The number of hydrogen-bond donors (Lipinski definition) is 1. The molecular weight excluding hydrogens is 484 g/mol. The average molecular weight is 515 g/mol. The second-order valence-corrected chi connectivity index (χ2v) is 9.79. The number of carbonyl (C=O) groups excluding carboxylic acids is 1. The van der Waals surface area contributed by atoms with Gasteiger partial charge >= 0.3 is 5.97 Å². The van der Waals surface area contributed by atoms with Crippen molar-refractivity contribution in [2.45, 2.75) is 32.3 Å². The van der Waals surface area contributed by atoms with Crippen LogP contribution in [0.15, 0.2) is 97.2 Å². The van der Waals surface area contributed by atoms with Crippen LogP contribution in [0.2, 0.25) is 0 Å². The first-order valence-corrected chi connectivity index (χ1v) is 13.4. The Bertz CT molecular complexity index is 1660. The molecule has 5 nitrogen and oxygen atoms in total. The van der Waals surface area contributed by atoms with Crippen LogP contribution >= 0.6 is 0 Å². The van der Waals surface area contributed by atoms with Crippen molar-refractivity contribution in [1.29, 1.82) is 0 Å². The first-order valence-electron chi connectivity index (χ1n) is 13.4. The molecule has 1 aromatic heterocycles. The van der Waals surface area contributed by atoms with E-state index >= 15 is 0 Å². The number of nitrogens with zero attached hydrogens (tertiary/aromatic N) is 1. The van der Waals surface area contributed by atoms with Crippen molar-refractivity contribution in [2.75, 3.05) is 12.3 Å². The van der Waals surface area contributed by atoms with E-state index in [0.717, 1.165) is 46.1 Å². The van der Waals surface area contributed by atoms with Crippen LogP contribution in [0.4, 0.5) is 5.82 Å². The van der Waals surface area contributed by atoms with E-state index in [1.54, 1.807) is 6.20 Å². The number of carbonyl (C=O) groups is 1. The zero-order chi connectivity index (χ0) is 26.8. The molecule has 0 aliphatic heterocycles. The molecule has 39 heavy (non-hydrogen) atoms. The van der Waals surface area contributed by atoms with Crippen LogP contribution < -0.4 is 10.5 Å². The molecule has 0 spiro atoms. The Hall–Kier alpha value is -4.64. The fourth-order valence-electron chi connectivity index (χ4n) is 5.61. The first kappa shape index (κ1) is 24.7. The van der Waals surface area contributed by atoms with Crippen LogP contribution in [0.5, 0.6) is 5.75 Å². The smallest absolute Gasteiger partial charge is 0.310 e. The van der Waals surface area contributed by atoms with Gasteiger partial charge in [0.25, 0.3) is 0 Å². The van der Waals surface area contributed by atoms with Gasteiger partial charge in [-0.15, -0.1) is 0 Å². The van der Waals surface area contributed by atoms with Gasteiger partial charge < -0.3 is 15.2 Å². The summed E-state index contributed by atoms with van der Waals surface area (Å²) in [6.07, 6.45) is 3.59. The molecule has 1 aliphatic carbocycles. The maximum Gasteiger partial charge on any atom is 0.310 e. The van der Waals surface area contributed by atoms with E-state index in [9.17, 15) is 4.79 Å². The van der Waals surface area contributed by atoms with Crippen molar-refractivity contribution in [1.82, 2.24) is 4.98 Å². The van der Waals surface area contributed by atoms with E-state index < -0.39 is 0 Å². The van der Waals surface area contributed by atoms with Gasteiger partial charge in [-0.25, -0.2) is 4.98 Å². The Kier molecular flexibility index (Phi) is 6.72. The number of nitrogens with two attached hydrogens (primary N) is 1. The van der Waals surface area contributed by atoms with Gasteiger partial charge in [-0.2, -0.15) is 0 Å². The lowest BCUT2D eigenvalue weighted by Gasteiger charge is -2.20. The molecule has 1 aliphatic rings. The van der Waals surface area contributed by atoms with Gasteiger partial charge in [0.2, 0.25) is 0 Å². The lowest BCUT2D eigenvalue weighted by molar-refractivity contribution is -0.142. The summed E-state index contributed by atoms with van der Waals surface area (Å²) in [5.41, 5.74) is 14.2. The van der Waals surface area contributed by atoms with Gasteiger partial charge in [-0.05, 0) is 82.8 Å². The van der Waals surface area contributed by atoms with Gasteiger partial charge in [0.15, 0.2) is 0 Å². The Morgan fingerprint density at radius 2 is 1.72 bits per heavy atom. The third kappa shape index (κ3) is 4.84. The molecule has 5 aromatic rings. The summed E-state index contributed by atoms with van der Waals surface area (Å²) >= 11 is 0. The number of pyridine rings is 1. The molecular formula is C34H30N2O3. The highest BCUT2D eigenvalue weighted by Gasteiger charge is 2.29. The number of hydrogen-bond acceptors (Lipinski definition) is 5. The van der Waals surface area contributed by atoms with Crippen LogP contribution in [0.25, 0.3) is 33.0 Å². The number of esters is 1. The third-order valence-electron chi connectivity index (χ3n) is 7.40. The summed E-state index contributed by atoms with van der Waals surface area (Å²) in [5.74, 6) is 0.996. The number of anilines is 1. The maximum atomic E-state index is 12.2. The van der Waals surface area contributed by atoms with Crippen molar-refractivity contribution in [3.63, 3.8) is 0 Å². The average Bonchev–Trinajstić information content (AvgIpc) is 3.36. The zero-order valence-corrected chi connectivity index (χ0v) is 21.9. The number of ether oxygens (including phenoxy) is 2. The molecule has 0 saturated heterocycles. The first-order chi connectivity index (χ1) is 19.1. The van der Waals surface area contributed by atoms with Crippen LogP contribution in [0, 0.1) is 0 Å². The predicted octanol–water partition coefficient (Wildman–Crippen LogP) is 7.32. The molecule has 0 saturated carbocycles. The van der Waals surface area contributed by atoms with Gasteiger partial charge in [-0.1, -0.05) is 66.7 Å². The Morgan fingerprint density at radius 3 is 2.56 bits per heavy atom. The molecule has 1 atom stereocenters. The Balaban J connectivity index is 1.46. The summed E-state index contributed by atoms with van der Waals surface area (Å²) in [6, 6.07) is 31.0. The number of para-hydroxylation sites is 1. The summed E-state index contributed by atoms with van der Waals surface area (Å²) < 4.78 is 11.9. The van der Waals surface area contributed by atoms with Crippen LogP contribution in [0.1, 0.15) is 36.1 Å². The van der Waals surface area contributed by atoms with E-state index in [2.05, 4.69) is 47.4 Å². The van der Waals surface area contributed by atoms with Gasteiger partial charge in [0.05, 0.1) is 13.0 Å². The van der Waals surface area contributed by atoms with Crippen LogP contribution in [-0.2, 0) is 22.4 Å². The molecule has 0 bridgehead atoms. The van der Waals surface area contributed by atoms with Crippen molar-refractivity contribution < 1.29 is 14.3 Å². The highest BCUT2D eigenvalue weighted by molar-refractivity contribution is 6.01. The monoisotopic (exact) mass is 514 g/mol. The van der Waals surface area contributed by atoms with Crippen LogP contribution in [0.3, 0.4) is 0 Å². The molecule has 1 heterocycles. The Labute approximate surface area is 228 Å². The molecule has 6 rings (SSSR count).